The van der Waals surface area contributed by atoms with E-state index in [9.17, 15) is 9.59 Å². The molecular weight excluding hydrogens is 268 g/mol. The van der Waals surface area contributed by atoms with Gasteiger partial charge in [0.15, 0.2) is 0 Å². The highest BCUT2D eigenvalue weighted by molar-refractivity contribution is 5.70. The van der Waals surface area contributed by atoms with Crippen molar-refractivity contribution >= 4 is 11.9 Å². The standard InChI is InChI=1S/C17H32O4/c1-3-5-7-9-11-13-17(19)21-15-14-20-16(18)12-10-8-6-4-2/h3-15H2,1-2H3. The van der Waals surface area contributed by atoms with Crippen LogP contribution in [-0.4, -0.2) is 25.2 Å². The SMILES string of the molecule is CCCCCCCC(=O)OCCOC(=O)CCCCCC. The van der Waals surface area contributed by atoms with Crippen molar-refractivity contribution in [2.45, 2.75) is 84.5 Å². The molecule has 0 atom stereocenters. The van der Waals surface area contributed by atoms with Crippen LogP contribution in [0.25, 0.3) is 0 Å². The summed E-state index contributed by atoms with van der Waals surface area (Å²) in [4.78, 5) is 22.8. The van der Waals surface area contributed by atoms with E-state index in [0.29, 0.717) is 12.8 Å². The van der Waals surface area contributed by atoms with Crippen molar-refractivity contribution in [1.82, 2.24) is 0 Å². The molecule has 0 amide bonds. The molecule has 4 nitrogen and oxygen atoms in total. The van der Waals surface area contributed by atoms with Gasteiger partial charge in [-0.15, -0.1) is 0 Å². The zero-order chi connectivity index (χ0) is 15.8. The number of carbonyl (C=O) groups excluding carboxylic acids is 2. The van der Waals surface area contributed by atoms with Crippen LogP contribution in [0.1, 0.15) is 84.5 Å². The first kappa shape index (κ1) is 19.9. The van der Waals surface area contributed by atoms with Crippen LogP contribution in [0.2, 0.25) is 0 Å². The Balaban J connectivity index is 3.32. The van der Waals surface area contributed by atoms with Crippen molar-refractivity contribution in [2.75, 3.05) is 13.2 Å². The minimum absolute atomic E-state index is 0.175. The van der Waals surface area contributed by atoms with E-state index in [1.165, 1.54) is 19.3 Å². The highest BCUT2D eigenvalue weighted by Gasteiger charge is 2.05. The fourth-order valence-corrected chi connectivity index (χ4v) is 2.02. The second-order valence-corrected chi connectivity index (χ2v) is 5.42. The number of esters is 2. The van der Waals surface area contributed by atoms with E-state index in [4.69, 9.17) is 9.47 Å². The molecule has 0 unspecified atom stereocenters. The number of ether oxygens (including phenoxy) is 2. The molecule has 0 spiro atoms. The van der Waals surface area contributed by atoms with Crippen molar-refractivity contribution < 1.29 is 19.1 Å². The summed E-state index contributed by atoms with van der Waals surface area (Å²) in [6, 6.07) is 0. The first-order chi connectivity index (χ1) is 10.2. The number of unbranched alkanes of at least 4 members (excludes halogenated alkanes) is 7. The molecule has 21 heavy (non-hydrogen) atoms. The molecule has 0 aliphatic heterocycles. The summed E-state index contributed by atoms with van der Waals surface area (Å²) in [5, 5.41) is 0. The van der Waals surface area contributed by atoms with Gasteiger partial charge in [-0.3, -0.25) is 9.59 Å². The third-order valence-corrected chi connectivity index (χ3v) is 3.33. The van der Waals surface area contributed by atoms with Gasteiger partial charge in [0.05, 0.1) is 0 Å². The Morgan fingerprint density at radius 1 is 0.619 bits per heavy atom. The maximum Gasteiger partial charge on any atom is 0.305 e. The minimum Gasteiger partial charge on any atom is -0.462 e. The first-order valence-corrected chi connectivity index (χ1v) is 8.52. The van der Waals surface area contributed by atoms with E-state index < -0.39 is 0 Å². The normalized spacial score (nSPS) is 10.4. The molecule has 0 bridgehead atoms. The van der Waals surface area contributed by atoms with Crippen LogP contribution in [0, 0.1) is 0 Å². The van der Waals surface area contributed by atoms with Crippen molar-refractivity contribution in [3.05, 3.63) is 0 Å². The van der Waals surface area contributed by atoms with Gasteiger partial charge in [-0.25, -0.2) is 0 Å². The molecular formula is C17H32O4. The van der Waals surface area contributed by atoms with Crippen LogP contribution < -0.4 is 0 Å². The topological polar surface area (TPSA) is 52.6 Å². The van der Waals surface area contributed by atoms with Crippen LogP contribution in [0.3, 0.4) is 0 Å². The fraction of sp³-hybridized carbons (Fsp3) is 0.882. The van der Waals surface area contributed by atoms with Crippen LogP contribution in [0.4, 0.5) is 0 Å². The fourth-order valence-electron chi connectivity index (χ4n) is 2.02. The van der Waals surface area contributed by atoms with Gasteiger partial charge in [0, 0.05) is 12.8 Å². The Morgan fingerprint density at radius 2 is 1.00 bits per heavy atom. The van der Waals surface area contributed by atoms with E-state index >= 15 is 0 Å². The van der Waals surface area contributed by atoms with Gasteiger partial charge >= 0.3 is 11.9 Å². The monoisotopic (exact) mass is 300 g/mol. The van der Waals surface area contributed by atoms with Gasteiger partial charge in [0.25, 0.3) is 0 Å². The van der Waals surface area contributed by atoms with E-state index in [-0.39, 0.29) is 25.2 Å². The summed E-state index contributed by atoms with van der Waals surface area (Å²) in [5.74, 6) is -0.382. The molecule has 0 N–H and O–H groups in total. The first-order valence-electron chi connectivity index (χ1n) is 8.52. The smallest absolute Gasteiger partial charge is 0.305 e. The van der Waals surface area contributed by atoms with E-state index in [1.54, 1.807) is 0 Å². The van der Waals surface area contributed by atoms with Crippen LogP contribution >= 0.6 is 0 Å². The highest BCUT2D eigenvalue weighted by atomic mass is 16.6. The lowest BCUT2D eigenvalue weighted by Crippen LogP contribution is -2.13. The van der Waals surface area contributed by atoms with Gasteiger partial charge in [0.2, 0.25) is 0 Å². The molecule has 0 aliphatic rings. The molecule has 0 radical (unpaired) electrons. The van der Waals surface area contributed by atoms with E-state index in [2.05, 4.69) is 13.8 Å². The number of hydrogen-bond donors (Lipinski definition) is 0. The van der Waals surface area contributed by atoms with Crippen LogP contribution in [0.5, 0.6) is 0 Å². The summed E-state index contributed by atoms with van der Waals surface area (Å²) in [6.07, 6.45) is 10.8. The zero-order valence-electron chi connectivity index (χ0n) is 13.8. The average Bonchev–Trinajstić information content (AvgIpc) is 2.48. The van der Waals surface area contributed by atoms with Crippen LogP contribution in [0.15, 0.2) is 0 Å². The van der Waals surface area contributed by atoms with Gasteiger partial charge < -0.3 is 9.47 Å². The lowest BCUT2D eigenvalue weighted by molar-refractivity contribution is -0.152. The van der Waals surface area contributed by atoms with Crippen molar-refractivity contribution in [3.63, 3.8) is 0 Å². The Hall–Kier alpha value is -1.06. The molecule has 0 saturated heterocycles. The summed E-state index contributed by atoms with van der Waals surface area (Å²) in [6.45, 7) is 4.65. The lowest BCUT2D eigenvalue weighted by Gasteiger charge is -2.06. The maximum absolute atomic E-state index is 11.4. The number of rotatable bonds is 14. The number of carbonyl (C=O) groups is 2. The van der Waals surface area contributed by atoms with Crippen molar-refractivity contribution in [1.29, 1.82) is 0 Å². The third-order valence-electron chi connectivity index (χ3n) is 3.33. The number of hydrogen-bond acceptors (Lipinski definition) is 4. The third kappa shape index (κ3) is 15.2. The van der Waals surface area contributed by atoms with E-state index in [0.717, 1.165) is 38.5 Å². The lowest BCUT2D eigenvalue weighted by atomic mass is 10.1. The van der Waals surface area contributed by atoms with E-state index in [1.807, 2.05) is 0 Å². The minimum atomic E-state index is -0.193. The van der Waals surface area contributed by atoms with Crippen molar-refractivity contribution in [2.24, 2.45) is 0 Å². The maximum atomic E-state index is 11.4. The Bertz CT molecular complexity index is 264. The van der Waals surface area contributed by atoms with Crippen molar-refractivity contribution in [3.8, 4) is 0 Å². The second-order valence-electron chi connectivity index (χ2n) is 5.42. The zero-order valence-corrected chi connectivity index (χ0v) is 13.8. The molecule has 124 valence electrons. The summed E-state index contributed by atoms with van der Waals surface area (Å²) < 4.78 is 10.0. The largest absolute Gasteiger partial charge is 0.462 e. The van der Waals surface area contributed by atoms with Gasteiger partial charge in [-0.1, -0.05) is 58.8 Å². The molecule has 4 heteroatoms. The molecule has 0 aliphatic carbocycles. The second kappa shape index (κ2) is 15.3. The molecule has 0 aromatic rings. The molecule has 0 fully saturated rings. The van der Waals surface area contributed by atoms with Gasteiger partial charge in [-0.05, 0) is 12.8 Å². The Labute approximate surface area is 129 Å². The molecule has 0 aromatic heterocycles. The molecule has 0 aromatic carbocycles. The molecule has 0 heterocycles. The summed E-state index contributed by atoms with van der Waals surface area (Å²) >= 11 is 0. The summed E-state index contributed by atoms with van der Waals surface area (Å²) in [5.41, 5.74) is 0. The highest BCUT2D eigenvalue weighted by Crippen LogP contribution is 2.06. The Morgan fingerprint density at radius 3 is 1.43 bits per heavy atom. The average molecular weight is 300 g/mol. The molecule has 0 saturated carbocycles. The predicted octanol–water partition coefficient (Wildman–Crippen LogP) is 4.40. The van der Waals surface area contributed by atoms with Crippen LogP contribution in [-0.2, 0) is 19.1 Å². The Kier molecular flexibility index (Phi) is 14.6. The molecule has 0 rings (SSSR count). The quantitative estimate of drug-likeness (QED) is 0.352. The van der Waals surface area contributed by atoms with Gasteiger partial charge in [0.1, 0.15) is 13.2 Å². The summed E-state index contributed by atoms with van der Waals surface area (Å²) in [7, 11) is 0. The van der Waals surface area contributed by atoms with Gasteiger partial charge in [-0.2, -0.15) is 0 Å². The predicted molar refractivity (Wildman–Crippen MR) is 84.1 cm³/mol.